The van der Waals surface area contributed by atoms with Gasteiger partial charge in [0.15, 0.2) is 5.82 Å². The Kier molecular flexibility index (Phi) is 7.74. The van der Waals surface area contributed by atoms with Crippen LogP contribution in [0, 0.1) is 11.7 Å². The molecule has 0 radical (unpaired) electrons. The molecule has 1 aromatic carbocycles. The van der Waals surface area contributed by atoms with E-state index in [2.05, 4.69) is 44.0 Å². The van der Waals surface area contributed by atoms with E-state index in [0.29, 0.717) is 39.6 Å². The number of halogens is 1. The monoisotopic (exact) mass is 560 g/mol. The van der Waals surface area contributed by atoms with Crippen LogP contribution in [0.4, 0.5) is 4.39 Å². The van der Waals surface area contributed by atoms with E-state index in [1.54, 1.807) is 42.9 Å². The third kappa shape index (κ3) is 5.51. The summed E-state index contributed by atoms with van der Waals surface area (Å²) in [6, 6.07) is 8.61. The molecule has 5 heterocycles. The molecule has 1 saturated heterocycles. The van der Waals surface area contributed by atoms with Gasteiger partial charge in [-0.15, -0.1) is 0 Å². The lowest BCUT2D eigenvalue weighted by atomic mass is 9.93. The van der Waals surface area contributed by atoms with Crippen LogP contribution in [-0.4, -0.2) is 43.2 Å². The zero-order valence-electron chi connectivity index (χ0n) is 23.5. The molecule has 0 atom stereocenters. The summed E-state index contributed by atoms with van der Waals surface area (Å²) < 4.78 is 14.6. The Balaban J connectivity index is 1.31. The van der Waals surface area contributed by atoms with E-state index in [4.69, 9.17) is 9.97 Å². The van der Waals surface area contributed by atoms with Gasteiger partial charge in [-0.3, -0.25) is 15.1 Å². The average molecular weight is 561 g/mol. The van der Waals surface area contributed by atoms with Crippen LogP contribution in [0.5, 0.6) is 0 Å². The summed E-state index contributed by atoms with van der Waals surface area (Å²) in [5.41, 5.74) is 7.35. The predicted octanol–water partition coefficient (Wildman–Crippen LogP) is 6.67. The average Bonchev–Trinajstić information content (AvgIpc) is 3.64. The Bertz CT molecular complexity index is 1840. The van der Waals surface area contributed by atoms with Crippen molar-refractivity contribution in [2.24, 2.45) is 5.92 Å². The van der Waals surface area contributed by atoms with E-state index in [9.17, 15) is 4.39 Å². The number of nitrogens with one attached hydrogen (secondary N) is 4. The smallest absolute Gasteiger partial charge is 0.159 e. The molecule has 1 aliphatic heterocycles. The second-order valence-electron chi connectivity index (χ2n) is 10.5. The van der Waals surface area contributed by atoms with Gasteiger partial charge in [-0.1, -0.05) is 37.4 Å². The molecule has 212 valence electrons. The number of aromatic amines is 2. The summed E-state index contributed by atoms with van der Waals surface area (Å²) in [5, 5.41) is 15.3. The summed E-state index contributed by atoms with van der Waals surface area (Å²) in [7, 11) is 0. The van der Waals surface area contributed by atoms with Crippen molar-refractivity contribution in [3.05, 3.63) is 103 Å². The van der Waals surface area contributed by atoms with E-state index < -0.39 is 0 Å². The molecular formula is C33H33FN8. The van der Waals surface area contributed by atoms with Gasteiger partial charge in [0, 0.05) is 34.1 Å². The molecule has 0 amide bonds. The fourth-order valence-corrected chi connectivity index (χ4v) is 5.49. The highest BCUT2D eigenvalue weighted by molar-refractivity contribution is 5.97. The minimum Gasteiger partial charge on any atom is -0.359 e. The van der Waals surface area contributed by atoms with E-state index in [0.717, 1.165) is 65.9 Å². The molecule has 42 heavy (non-hydrogen) atoms. The predicted molar refractivity (Wildman–Crippen MR) is 167 cm³/mol. The Hall–Kier alpha value is -4.89. The summed E-state index contributed by atoms with van der Waals surface area (Å²) in [5.74, 6) is 0.866. The van der Waals surface area contributed by atoms with Gasteiger partial charge in [0.2, 0.25) is 0 Å². The van der Waals surface area contributed by atoms with Crippen LogP contribution in [0.3, 0.4) is 0 Å². The zero-order chi connectivity index (χ0) is 29.1. The molecule has 0 saturated carbocycles. The molecule has 1 fully saturated rings. The molecule has 5 aromatic rings. The van der Waals surface area contributed by atoms with Crippen molar-refractivity contribution in [1.82, 2.24) is 40.8 Å². The second kappa shape index (κ2) is 11.9. The Morgan fingerprint density at radius 3 is 2.74 bits per heavy atom. The maximum Gasteiger partial charge on any atom is 0.159 e. The minimum atomic E-state index is -0.326. The van der Waals surface area contributed by atoms with Crippen molar-refractivity contribution in [3.8, 4) is 22.6 Å². The number of piperidine rings is 1. The lowest BCUT2D eigenvalue weighted by molar-refractivity contribution is 0.368. The zero-order valence-corrected chi connectivity index (χ0v) is 23.5. The first-order valence-corrected chi connectivity index (χ1v) is 14.1. The lowest BCUT2D eigenvalue weighted by Crippen LogP contribution is -2.28. The van der Waals surface area contributed by atoms with Gasteiger partial charge in [-0.2, -0.15) is 5.10 Å². The maximum absolute atomic E-state index is 14.6. The van der Waals surface area contributed by atoms with Gasteiger partial charge in [0.1, 0.15) is 17.0 Å². The number of imidazole rings is 1. The number of pyridine rings is 2. The number of aromatic nitrogens is 6. The third-order valence-corrected chi connectivity index (χ3v) is 7.68. The number of hydrogen-bond donors (Lipinski definition) is 4. The SMILES string of the molecule is C=C/C(=C\C(=C/C)c1cc2c(-c3nc4c(-c5ccccc5F)cncc4[nH]3)n[nH]c2cn1)NC(=C)CC1CCNCC1. The number of fused-ring (bicyclic) bond motifs is 2. The van der Waals surface area contributed by atoms with E-state index in [1.165, 1.54) is 6.07 Å². The lowest BCUT2D eigenvalue weighted by Gasteiger charge is -2.24. The Labute approximate surface area is 243 Å². The molecule has 0 bridgehead atoms. The molecule has 8 nitrogen and oxygen atoms in total. The van der Waals surface area contributed by atoms with Crippen LogP contribution in [-0.2, 0) is 0 Å². The number of hydrogen-bond acceptors (Lipinski definition) is 6. The fourth-order valence-electron chi connectivity index (χ4n) is 5.49. The molecule has 4 N–H and O–H groups in total. The van der Waals surface area contributed by atoms with Crippen LogP contribution in [0.1, 0.15) is 31.9 Å². The molecule has 0 aliphatic carbocycles. The van der Waals surface area contributed by atoms with Gasteiger partial charge in [-0.05, 0) is 75.1 Å². The second-order valence-corrected chi connectivity index (χ2v) is 10.5. The van der Waals surface area contributed by atoms with Crippen molar-refractivity contribution in [3.63, 3.8) is 0 Å². The summed E-state index contributed by atoms with van der Waals surface area (Å²) in [4.78, 5) is 17.2. The topological polar surface area (TPSA) is 107 Å². The highest BCUT2D eigenvalue weighted by Crippen LogP contribution is 2.32. The van der Waals surface area contributed by atoms with Crippen LogP contribution < -0.4 is 10.6 Å². The first kappa shape index (κ1) is 27.3. The van der Waals surface area contributed by atoms with Crippen LogP contribution in [0.25, 0.3) is 50.2 Å². The van der Waals surface area contributed by atoms with E-state index in [1.807, 2.05) is 25.1 Å². The standard InChI is InChI=1S/C33H33FN8/c1-4-22(15-23(5-2)38-20(3)14-21-10-12-35-13-11-21)28-16-25-29(19-37-28)41-42-32(25)33-39-30-18-36-17-26(31(30)40-33)24-8-6-7-9-27(24)34/h4-9,15-19,21,35,38H,2-3,10-14H2,1H3,(H,39,40)(H,41,42)/b22-4+,23-15+. The normalized spacial score (nSPS) is 14.9. The largest absolute Gasteiger partial charge is 0.359 e. The van der Waals surface area contributed by atoms with Crippen molar-refractivity contribution < 1.29 is 4.39 Å². The molecule has 1 aliphatic rings. The third-order valence-electron chi connectivity index (χ3n) is 7.68. The summed E-state index contributed by atoms with van der Waals surface area (Å²) in [6.45, 7) is 12.4. The van der Waals surface area contributed by atoms with Gasteiger partial charge < -0.3 is 15.6 Å². The summed E-state index contributed by atoms with van der Waals surface area (Å²) in [6.07, 6.45) is 14.2. The van der Waals surface area contributed by atoms with Crippen molar-refractivity contribution in [2.75, 3.05) is 13.1 Å². The van der Waals surface area contributed by atoms with Crippen molar-refractivity contribution in [1.29, 1.82) is 0 Å². The Morgan fingerprint density at radius 2 is 1.95 bits per heavy atom. The number of benzene rings is 1. The fraction of sp³-hybridized carbons (Fsp3) is 0.212. The highest BCUT2D eigenvalue weighted by atomic mass is 19.1. The number of nitrogens with zero attached hydrogens (tertiary/aromatic N) is 4. The quantitative estimate of drug-likeness (QED) is 0.150. The molecule has 4 aromatic heterocycles. The van der Waals surface area contributed by atoms with E-state index in [-0.39, 0.29) is 5.82 Å². The van der Waals surface area contributed by atoms with Crippen molar-refractivity contribution >= 4 is 27.5 Å². The molecule has 6 rings (SSSR count). The number of allylic oxidation sites excluding steroid dienone is 5. The first-order chi connectivity index (χ1) is 20.5. The molecule has 0 unspecified atom stereocenters. The highest BCUT2D eigenvalue weighted by Gasteiger charge is 2.18. The van der Waals surface area contributed by atoms with Crippen LogP contribution in [0.15, 0.2) is 91.7 Å². The molecule has 9 heteroatoms. The van der Waals surface area contributed by atoms with E-state index >= 15 is 0 Å². The van der Waals surface area contributed by atoms with Gasteiger partial charge in [0.25, 0.3) is 0 Å². The first-order valence-electron chi connectivity index (χ1n) is 14.1. The minimum absolute atomic E-state index is 0.326. The van der Waals surface area contributed by atoms with Crippen molar-refractivity contribution in [2.45, 2.75) is 26.2 Å². The maximum atomic E-state index is 14.6. The van der Waals surface area contributed by atoms with Crippen LogP contribution in [0.2, 0.25) is 0 Å². The van der Waals surface area contributed by atoms with Gasteiger partial charge in [-0.25, -0.2) is 9.37 Å². The Morgan fingerprint density at radius 1 is 1.12 bits per heavy atom. The van der Waals surface area contributed by atoms with Gasteiger partial charge in [0.05, 0.1) is 29.1 Å². The molecule has 0 spiro atoms. The summed E-state index contributed by atoms with van der Waals surface area (Å²) >= 11 is 0. The van der Waals surface area contributed by atoms with Gasteiger partial charge >= 0.3 is 0 Å². The number of H-pyrrole nitrogens is 2. The number of rotatable bonds is 9. The van der Waals surface area contributed by atoms with Crippen LogP contribution >= 0.6 is 0 Å². The molecular weight excluding hydrogens is 527 g/mol.